The van der Waals surface area contributed by atoms with Crippen LogP contribution in [0.3, 0.4) is 0 Å². The topological polar surface area (TPSA) is 68.7 Å². The van der Waals surface area contributed by atoms with Crippen molar-refractivity contribution in [1.29, 1.82) is 0 Å². The molecular weight excluding hydrogens is 292 g/mol. The first-order valence-corrected chi connectivity index (χ1v) is 7.33. The van der Waals surface area contributed by atoms with Crippen LogP contribution in [0, 0.1) is 0 Å². The molecule has 1 aliphatic heterocycles. The lowest BCUT2D eigenvalue weighted by molar-refractivity contribution is 0.0306. The highest BCUT2D eigenvalue weighted by molar-refractivity contribution is 7.14. The second-order valence-corrected chi connectivity index (χ2v) is 6.64. The van der Waals surface area contributed by atoms with Crippen LogP contribution in [-0.4, -0.2) is 47.7 Å². The van der Waals surface area contributed by atoms with E-state index in [4.69, 9.17) is 4.74 Å². The van der Waals surface area contributed by atoms with Gasteiger partial charge < -0.3 is 14.4 Å². The van der Waals surface area contributed by atoms with Crippen molar-refractivity contribution in [2.45, 2.75) is 26.4 Å². The Balaban J connectivity index is 2.00. The summed E-state index contributed by atoms with van der Waals surface area (Å²) in [7, 11) is 1.33. The first-order chi connectivity index (χ1) is 9.80. The number of hydrogen-bond acceptors (Lipinski definition) is 6. The van der Waals surface area contributed by atoms with E-state index in [9.17, 15) is 9.59 Å². The van der Waals surface area contributed by atoms with Crippen LogP contribution >= 0.6 is 11.3 Å². The first-order valence-electron chi connectivity index (χ1n) is 6.51. The van der Waals surface area contributed by atoms with Crippen LogP contribution < -0.4 is 0 Å². The lowest BCUT2D eigenvalue weighted by Crippen LogP contribution is -2.35. The third-order valence-electron chi connectivity index (χ3n) is 2.74. The first kappa shape index (κ1) is 15.5. The van der Waals surface area contributed by atoms with E-state index in [0.29, 0.717) is 18.0 Å². The van der Waals surface area contributed by atoms with Gasteiger partial charge in [-0.05, 0) is 20.8 Å². The normalized spacial score (nSPS) is 14.9. The Morgan fingerprint density at radius 3 is 2.71 bits per heavy atom. The monoisotopic (exact) mass is 310 g/mol. The van der Waals surface area contributed by atoms with Crippen LogP contribution in [0.25, 0.3) is 5.57 Å². The van der Waals surface area contributed by atoms with Crippen molar-refractivity contribution in [1.82, 2.24) is 9.88 Å². The fourth-order valence-corrected chi connectivity index (χ4v) is 2.66. The molecule has 0 saturated heterocycles. The molecule has 1 amide bonds. The summed E-state index contributed by atoms with van der Waals surface area (Å²) in [5, 5.41) is 0.724. The highest BCUT2D eigenvalue weighted by Gasteiger charge is 2.27. The zero-order valence-electron chi connectivity index (χ0n) is 12.5. The molecule has 0 spiro atoms. The van der Waals surface area contributed by atoms with Crippen molar-refractivity contribution in [3.8, 4) is 0 Å². The number of esters is 1. The number of ether oxygens (including phenoxy) is 2. The fraction of sp³-hybridized carbons (Fsp3) is 0.500. The molecule has 0 aliphatic carbocycles. The lowest BCUT2D eigenvalue weighted by atomic mass is 10.2. The van der Waals surface area contributed by atoms with Crippen molar-refractivity contribution in [2.75, 3.05) is 20.2 Å². The zero-order valence-corrected chi connectivity index (χ0v) is 13.3. The third kappa shape index (κ3) is 3.81. The van der Waals surface area contributed by atoms with Gasteiger partial charge >= 0.3 is 12.1 Å². The zero-order chi connectivity index (χ0) is 15.6. The van der Waals surface area contributed by atoms with E-state index in [1.807, 2.05) is 26.8 Å². The van der Waals surface area contributed by atoms with Gasteiger partial charge in [0.2, 0.25) is 0 Å². The van der Waals surface area contributed by atoms with Gasteiger partial charge in [-0.25, -0.2) is 14.6 Å². The van der Waals surface area contributed by atoms with Crippen LogP contribution in [-0.2, 0) is 9.47 Å². The van der Waals surface area contributed by atoms with Gasteiger partial charge in [-0.2, -0.15) is 0 Å². The summed E-state index contributed by atoms with van der Waals surface area (Å²) in [4.78, 5) is 29.6. The molecule has 0 saturated carbocycles. The Morgan fingerprint density at radius 1 is 1.38 bits per heavy atom. The van der Waals surface area contributed by atoms with Gasteiger partial charge in [0.25, 0.3) is 0 Å². The summed E-state index contributed by atoms with van der Waals surface area (Å²) in [5.74, 6) is -0.402. The van der Waals surface area contributed by atoms with Gasteiger partial charge in [-0.3, -0.25) is 0 Å². The van der Waals surface area contributed by atoms with Crippen LogP contribution in [0.1, 0.15) is 35.5 Å². The number of carbonyl (C=O) groups excluding carboxylic acids is 2. The Bertz CT molecular complexity index is 586. The molecule has 1 aromatic rings. The maximum Gasteiger partial charge on any atom is 0.410 e. The Labute approximate surface area is 127 Å². The Hall–Kier alpha value is -1.89. The minimum atomic E-state index is -0.515. The predicted molar refractivity (Wildman–Crippen MR) is 79.2 cm³/mol. The van der Waals surface area contributed by atoms with E-state index < -0.39 is 11.6 Å². The number of thiazole rings is 1. The van der Waals surface area contributed by atoms with E-state index in [1.165, 1.54) is 24.6 Å². The highest BCUT2D eigenvalue weighted by atomic mass is 32.1. The van der Waals surface area contributed by atoms with Crippen LogP contribution in [0.15, 0.2) is 12.3 Å². The van der Waals surface area contributed by atoms with Crippen molar-refractivity contribution < 1.29 is 19.1 Å². The lowest BCUT2D eigenvalue weighted by Gasteiger charge is -2.24. The molecule has 2 rings (SSSR count). The molecule has 7 heteroatoms. The number of amides is 1. The van der Waals surface area contributed by atoms with Gasteiger partial charge in [-0.1, -0.05) is 6.08 Å². The molecule has 0 aromatic carbocycles. The predicted octanol–water partition coefficient (Wildman–Crippen LogP) is 2.56. The maximum absolute atomic E-state index is 12.0. The molecule has 0 unspecified atom stereocenters. The molecule has 114 valence electrons. The average Bonchev–Trinajstić information content (AvgIpc) is 3.04. The Kier molecular flexibility index (Phi) is 4.32. The summed E-state index contributed by atoms with van der Waals surface area (Å²) >= 11 is 1.26. The summed E-state index contributed by atoms with van der Waals surface area (Å²) in [5.41, 5.74) is 0.403. The largest absolute Gasteiger partial charge is 0.465 e. The van der Waals surface area contributed by atoms with E-state index in [0.717, 1.165) is 10.6 Å². The standard InChI is InChI=1S/C14H18N2O4S/c1-14(2,3)20-13(18)16-6-5-9(8-16)11-15-7-10(21-11)12(17)19-4/h5,7H,6,8H2,1-4H3. The number of methoxy groups -OCH3 is 1. The van der Waals surface area contributed by atoms with Crippen molar-refractivity contribution in [2.24, 2.45) is 0 Å². The van der Waals surface area contributed by atoms with E-state index >= 15 is 0 Å². The number of carbonyl (C=O) groups is 2. The molecule has 2 heterocycles. The van der Waals surface area contributed by atoms with Crippen molar-refractivity contribution in [3.63, 3.8) is 0 Å². The molecule has 0 bridgehead atoms. The molecule has 0 fully saturated rings. The van der Waals surface area contributed by atoms with Crippen molar-refractivity contribution in [3.05, 3.63) is 22.2 Å². The van der Waals surface area contributed by atoms with Crippen LogP contribution in [0.4, 0.5) is 4.79 Å². The van der Waals surface area contributed by atoms with Crippen molar-refractivity contribution >= 4 is 29.0 Å². The molecule has 21 heavy (non-hydrogen) atoms. The molecule has 1 aliphatic rings. The molecule has 1 aromatic heterocycles. The minimum Gasteiger partial charge on any atom is -0.465 e. The van der Waals surface area contributed by atoms with E-state index in [-0.39, 0.29) is 6.09 Å². The fourth-order valence-electron chi connectivity index (χ4n) is 1.79. The second kappa shape index (κ2) is 5.85. The number of hydrogen-bond donors (Lipinski definition) is 0. The number of nitrogens with zero attached hydrogens (tertiary/aromatic N) is 2. The minimum absolute atomic E-state index is 0.349. The van der Waals surface area contributed by atoms with Crippen LogP contribution in [0.5, 0.6) is 0 Å². The average molecular weight is 310 g/mol. The van der Waals surface area contributed by atoms with E-state index in [2.05, 4.69) is 9.72 Å². The molecular formula is C14H18N2O4S. The number of rotatable bonds is 2. The smallest absolute Gasteiger partial charge is 0.410 e. The summed E-state index contributed by atoms with van der Waals surface area (Å²) in [6, 6.07) is 0. The highest BCUT2D eigenvalue weighted by Crippen LogP contribution is 2.26. The van der Waals surface area contributed by atoms with Gasteiger partial charge in [-0.15, -0.1) is 11.3 Å². The molecule has 0 radical (unpaired) electrons. The molecule has 0 N–H and O–H groups in total. The summed E-state index contributed by atoms with van der Waals surface area (Å²) in [6.07, 6.45) is 3.06. The quantitative estimate of drug-likeness (QED) is 0.785. The van der Waals surface area contributed by atoms with E-state index in [1.54, 1.807) is 4.90 Å². The Morgan fingerprint density at radius 2 is 2.10 bits per heavy atom. The van der Waals surface area contributed by atoms with Gasteiger partial charge in [0, 0.05) is 12.1 Å². The van der Waals surface area contributed by atoms with Gasteiger partial charge in [0.15, 0.2) is 0 Å². The summed E-state index contributed by atoms with van der Waals surface area (Å²) in [6.45, 7) is 6.41. The summed E-state index contributed by atoms with van der Waals surface area (Å²) < 4.78 is 9.98. The maximum atomic E-state index is 12.0. The second-order valence-electron chi connectivity index (χ2n) is 5.61. The number of aromatic nitrogens is 1. The third-order valence-corrected chi connectivity index (χ3v) is 3.79. The molecule has 6 nitrogen and oxygen atoms in total. The SMILES string of the molecule is COC(=O)c1cnc(C2=CCN(C(=O)OC(C)(C)C)C2)s1. The molecule has 0 atom stereocenters. The van der Waals surface area contributed by atoms with Crippen LogP contribution in [0.2, 0.25) is 0 Å². The van der Waals surface area contributed by atoms with Gasteiger partial charge in [0.05, 0.1) is 19.9 Å². The van der Waals surface area contributed by atoms with Gasteiger partial charge in [0.1, 0.15) is 15.5 Å².